The molecule has 1 aliphatic rings. The molecule has 0 N–H and O–H groups in total. The molecule has 0 spiro atoms. The third kappa shape index (κ3) is 6.64. The van der Waals surface area contributed by atoms with E-state index in [1.807, 2.05) is 6.07 Å². The Morgan fingerprint density at radius 3 is 2.71 bits per heavy atom. The lowest BCUT2D eigenvalue weighted by Crippen LogP contribution is -2.43. The highest BCUT2D eigenvalue weighted by atomic mass is 79.9. The van der Waals surface area contributed by atoms with Crippen LogP contribution in [0.1, 0.15) is 5.56 Å². The predicted molar refractivity (Wildman–Crippen MR) is 103 cm³/mol. The number of nitriles is 1. The van der Waals surface area contributed by atoms with E-state index in [1.54, 1.807) is 23.1 Å². The van der Waals surface area contributed by atoms with Gasteiger partial charge in [-0.2, -0.15) is 5.26 Å². The number of carbonyl (C=O) groups is 2. The topological polar surface area (TPSA) is 98.1 Å². The molecular weight excluding hydrogens is 432 g/mol. The first kappa shape index (κ1) is 21.9. The van der Waals surface area contributed by atoms with E-state index in [0.717, 1.165) is 0 Å². The van der Waals surface area contributed by atoms with E-state index in [9.17, 15) is 9.59 Å². The molecule has 9 heteroatoms. The predicted octanol–water partition coefficient (Wildman–Crippen LogP) is 1.78. The number of ether oxygens (including phenoxy) is 4. The van der Waals surface area contributed by atoms with Gasteiger partial charge in [0.15, 0.2) is 6.61 Å². The molecule has 1 aromatic carbocycles. The summed E-state index contributed by atoms with van der Waals surface area (Å²) >= 11 is 3.38. The van der Waals surface area contributed by atoms with Crippen molar-refractivity contribution in [2.45, 2.75) is 0 Å². The summed E-state index contributed by atoms with van der Waals surface area (Å²) in [6, 6.07) is 6.86. The zero-order valence-electron chi connectivity index (χ0n) is 15.5. The van der Waals surface area contributed by atoms with Crippen molar-refractivity contribution < 1.29 is 28.5 Å². The number of morpholine rings is 1. The summed E-state index contributed by atoms with van der Waals surface area (Å²) in [5.74, 6) is -0.336. The molecule has 0 unspecified atom stereocenters. The van der Waals surface area contributed by atoms with Crippen LogP contribution in [0.5, 0.6) is 5.75 Å². The van der Waals surface area contributed by atoms with Crippen LogP contribution in [0.25, 0.3) is 6.08 Å². The monoisotopic (exact) mass is 452 g/mol. The van der Waals surface area contributed by atoms with Crippen LogP contribution in [0.3, 0.4) is 0 Å². The molecule has 28 heavy (non-hydrogen) atoms. The van der Waals surface area contributed by atoms with Gasteiger partial charge in [-0.1, -0.05) is 6.07 Å². The molecule has 0 saturated carbocycles. The summed E-state index contributed by atoms with van der Waals surface area (Å²) in [6.07, 6.45) is 1.42. The highest BCUT2D eigenvalue weighted by Gasteiger charge is 2.17. The maximum atomic E-state index is 12.1. The molecule has 0 radical (unpaired) electrons. The number of methoxy groups -OCH3 is 1. The molecule has 0 bridgehead atoms. The smallest absolute Gasteiger partial charge is 0.348 e. The molecule has 0 atom stereocenters. The number of rotatable bonds is 8. The van der Waals surface area contributed by atoms with Crippen LogP contribution in [0.15, 0.2) is 28.2 Å². The summed E-state index contributed by atoms with van der Waals surface area (Å²) in [7, 11) is 1.49. The fourth-order valence-corrected chi connectivity index (χ4v) is 2.88. The van der Waals surface area contributed by atoms with E-state index in [1.165, 1.54) is 13.2 Å². The maximum absolute atomic E-state index is 12.1. The number of nitrogens with zero attached hydrogens (tertiary/aromatic N) is 2. The number of amides is 1. The van der Waals surface area contributed by atoms with Crippen LogP contribution < -0.4 is 4.74 Å². The number of carbonyl (C=O) groups excluding carboxylic acids is 2. The average Bonchev–Trinajstić information content (AvgIpc) is 2.71. The van der Waals surface area contributed by atoms with Crippen LogP contribution in [-0.4, -0.2) is 70.0 Å². The molecule has 1 fully saturated rings. The Balaban J connectivity index is 1.97. The van der Waals surface area contributed by atoms with E-state index in [2.05, 4.69) is 15.9 Å². The van der Waals surface area contributed by atoms with Gasteiger partial charge in [-0.25, -0.2) is 4.79 Å². The lowest BCUT2D eigenvalue weighted by molar-refractivity contribution is -0.139. The van der Waals surface area contributed by atoms with Gasteiger partial charge in [-0.05, 0) is 39.7 Å². The zero-order valence-corrected chi connectivity index (χ0v) is 17.1. The first-order chi connectivity index (χ1) is 13.5. The van der Waals surface area contributed by atoms with Gasteiger partial charge in [-0.15, -0.1) is 0 Å². The first-order valence-corrected chi connectivity index (χ1v) is 9.40. The van der Waals surface area contributed by atoms with Crippen molar-refractivity contribution in [2.24, 2.45) is 0 Å². The van der Waals surface area contributed by atoms with Crippen LogP contribution in [0.2, 0.25) is 0 Å². The Morgan fingerprint density at radius 1 is 1.32 bits per heavy atom. The fraction of sp³-hybridized carbons (Fsp3) is 0.421. The van der Waals surface area contributed by atoms with Gasteiger partial charge in [0.1, 0.15) is 24.0 Å². The second-order valence-corrected chi connectivity index (χ2v) is 6.62. The normalized spacial score (nSPS) is 14.3. The van der Waals surface area contributed by atoms with Crippen LogP contribution in [0, 0.1) is 11.3 Å². The minimum atomic E-state index is -0.716. The lowest BCUT2D eigenvalue weighted by Gasteiger charge is -2.26. The number of halogens is 1. The van der Waals surface area contributed by atoms with E-state index in [4.69, 9.17) is 24.2 Å². The average molecular weight is 453 g/mol. The maximum Gasteiger partial charge on any atom is 0.348 e. The van der Waals surface area contributed by atoms with Crippen molar-refractivity contribution >= 4 is 33.9 Å². The minimum Gasteiger partial charge on any atom is -0.483 e. The Kier molecular flexibility index (Phi) is 8.94. The summed E-state index contributed by atoms with van der Waals surface area (Å²) in [6.45, 7) is 2.43. The van der Waals surface area contributed by atoms with Crippen LogP contribution in [0.4, 0.5) is 0 Å². The molecule has 150 valence electrons. The summed E-state index contributed by atoms with van der Waals surface area (Å²) in [4.78, 5) is 25.7. The molecule has 1 amide bonds. The molecule has 8 nitrogen and oxygen atoms in total. The molecule has 1 aromatic rings. The molecule has 1 saturated heterocycles. The van der Waals surface area contributed by atoms with E-state index in [-0.39, 0.29) is 31.3 Å². The van der Waals surface area contributed by atoms with Crippen LogP contribution >= 0.6 is 15.9 Å². The Labute approximate surface area is 171 Å². The standard InChI is InChI=1S/C19H21BrN2O6/c1-25-8-9-27-19(24)15(12-21)10-14-2-3-17(16(20)11-14)28-13-18(23)22-4-6-26-7-5-22/h2-3,10-11H,4-9,13H2,1H3/b15-10+. The van der Waals surface area contributed by atoms with Gasteiger partial charge in [-0.3, -0.25) is 4.79 Å². The Morgan fingerprint density at radius 2 is 2.07 bits per heavy atom. The second kappa shape index (κ2) is 11.4. The van der Waals surface area contributed by atoms with Crippen molar-refractivity contribution in [1.82, 2.24) is 4.90 Å². The molecule has 1 heterocycles. The third-order valence-electron chi connectivity index (χ3n) is 3.84. The number of esters is 1. The summed E-state index contributed by atoms with van der Waals surface area (Å²) in [5.41, 5.74) is 0.484. The largest absolute Gasteiger partial charge is 0.483 e. The molecule has 0 aliphatic carbocycles. The van der Waals surface area contributed by atoms with Gasteiger partial charge in [0.05, 0.1) is 24.3 Å². The summed E-state index contributed by atoms with van der Waals surface area (Å²) < 4.78 is 21.1. The van der Waals surface area contributed by atoms with Crippen molar-refractivity contribution in [3.63, 3.8) is 0 Å². The minimum absolute atomic E-state index is 0.0714. The zero-order chi connectivity index (χ0) is 20.4. The third-order valence-corrected chi connectivity index (χ3v) is 4.46. The van der Waals surface area contributed by atoms with Crippen molar-refractivity contribution in [3.05, 3.63) is 33.8 Å². The highest BCUT2D eigenvalue weighted by molar-refractivity contribution is 9.10. The van der Waals surface area contributed by atoms with E-state index >= 15 is 0 Å². The highest BCUT2D eigenvalue weighted by Crippen LogP contribution is 2.27. The quantitative estimate of drug-likeness (QED) is 0.256. The molecule has 0 aromatic heterocycles. The number of hydrogen-bond donors (Lipinski definition) is 0. The number of hydrogen-bond acceptors (Lipinski definition) is 7. The van der Waals surface area contributed by atoms with Crippen LogP contribution in [-0.2, 0) is 23.8 Å². The van der Waals surface area contributed by atoms with Gasteiger partial charge < -0.3 is 23.8 Å². The molecule has 1 aliphatic heterocycles. The van der Waals surface area contributed by atoms with Crippen molar-refractivity contribution in [1.29, 1.82) is 5.26 Å². The lowest BCUT2D eigenvalue weighted by atomic mass is 10.1. The molecular formula is C19H21BrN2O6. The second-order valence-electron chi connectivity index (χ2n) is 5.77. The van der Waals surface area contributed by atoms with Gasteiger partial charge in [0.2, 0.25) is 0 Å². The Hall–Kier alpha value is -2.41. The van der Waals surface area contributed by atoms with Gasteiger partial charge in [0.25, 0.3) is 5.91 Å². The summed E-state index contributed by atoms with van der Waals surface area (Å²) in [5, 5.41) is 9.17. The molecule has 2 rings (SSSR count). The Bertz CT molecular complexity index is 768. The van der Waals surface area contributed by atoms with E-state index < -0.39 is 5.97 Å². The van der Waals surface area contributed by atoms with Crippen molar-refractivity contribution in [2.75, 3.05) is 53.2 Å². The van der Waals surface area contributed by atoms with E-state index in [0.29, 0.717) is 42.1 Å². The number of benzene rings is 1. The fourth-order valence-electron chi connectivity index (χ4n) is 2.37. The van der Waals surface area contributed by atoms with Gasteiger partial charge in [0, 0.05) is 20.2 Å². The SMILES string of the molecule is COCCOC(=O)/C(C#N)=C/c1ccc(OCC(=O)N2CCOCC2)c(Br)c1. The first-order valence-electron chi connectivity index (χ1n) is 8.61. The van der Waals surface area contributed by atoms with Gasteiger partial charge >= 0.3 is 5.97 Å². The van der Waals surface area contributed by atoms with Crippen molar-refractivity contribution in [3.8, 4) is 11.8 Å².